The minimum Gasteiger partial charge on any atom is -0.756 e. The predicted molar refractivity (Wildman–Crippen MR) is 312 cm³/mol. The van der Waals surface area contributed by atoms with E-state index in [-0.39, 0.29) is 31.5 Å². The zero-order valence-electron chi connectivity index (χ0n) is 49.1. The molecular formula is C63H121N2O7P. The fraction of sp³-hybridized carbons (Fsp3) is 0.873. The van der Waals surface area contributed by atoms with Crippen LogP contribution >= 0.6 is 7.82 Å². The quantitative estimate of drug-likeness (QED) is 0.0212. The molecule has 0 saturated heterocycles. The number of carbonyl (C=O) groups is 2. The van der Waals surface area contributed by atoms with Gasteiger partial charge in [0.2, 0.25) is 5.91 Å². The number of unbranched alkanes of at least 4 members (excludes halogenated alkanes) is 37. The summed E-state index contributed by atoms with van der Waals surface area (Å²) in [5.74, 6) is -0.537. The molecule has 0 radical (unpaired) electrons. The second kappa shape index (κ2) is 53.6. The topological polar surface area (TPSA) is 114 Å². The third kappa shape index (κ3) is 54.8. The van der Waals surface area contributed by atoms with Gasteiger partial charge in [-0.05, 0) is 83.1 Å². The van der Waals surface area contributed by atoms with Crippen molar-refractivity contribution in [3.05, 3.63) is 36.5 Å². The van der Waals surface area contributed by atoms with Crippen LogP contribution in [0.15, 0.2) is 36.5 Å². The van der Waals surface area contributed by atoms with Crippen LogP contribution in [0.2, 0.25) is 0 Å². The number of hydrogen-bond donors (Lipinski definition) is 1. The van der Waals surface area contributed by atoms with Crippen LogP contribution in [0.4, 0.5) is 0 Å². The summed E-state index contributed by atoms with van der Waals surface area (Å²) in [4.78, 5) is 39.9. The van der Waals surface area contributed by atoms with Gasteiger partial charge in [0.25, 0.3) is 7.82 Å². The van der Waals surface area contributed by atoms with Crippen molar-refractivity contribution in [2.45, 2.75) is 315 Å². The number of phosphoric ester groups is 1. The first-order valence-corrected chi connectivity index (χ1v) is 32.8. The molecule has 0 aromatic rings. The standard InChI is InChI=1S/C63H121N2O7P/c1-7-10-13-16-19-22-25-27-29-30-31-32-33-34-36-37-40-43-46-49-52-55-62(66)64-60(59-71-73(68,69)70-58-57-65(4,5)6)61(54-51-48-45-42-39-24-21-18-15-12-9-3)72-63(67)56-53-50-47-44-41-38-35-28-26-23-20-17-14-11-8-2/h23,26-27,29,51,54,60-61H,7-22,24-25,28,30-50,52-53,55-59H2,1-6H3,(H-,64,66,68,69)/b26-23-,29-27+,54-51-. The lowest BCUT2D eigenvalue weighted by atomic mass is 10.0. The summed E-state index contributed by atoms with van der Waals surface area (Å²) in [5, 5.41) is 3.03. The Balaban J connectivity index is 5.16. The first kappa shape index (κ1) is 71.2. The van der Waals surface area contributed by atoms with E-state index in [1.54, 1.807) is 0 Å². The van der Waals surface area contributed by atoms with Gasteiger partial charge in [-0.1, -0.05) is 244 Å². The van der Waals surface area contributed by atoms with E-state index in [1.165, 1.54) is 199 Å². The van der Waals surface area contributed by atoms with Crippen molar-refractivity contribution in [2.24, 2.45) is 0 Å². The molecule has 3 unspecified atom stereocenters. The molecule has 0 aromatic carbocycles. The maximum absolute atomic E-state index is 13.5. The van der Waals surface area contributed by atoms with Gasteiger partial charge in [0, 0.05) is 12.8 Å². The molecule has 3 atom stereocenters. The predicted octanol–water partition coefficient (Wildman–Crippen LogP) is 18.5. The lowest BCUT2D eigenvalue weighted by molar-refractivity contribution is -0.870. The summed E-state index contributed by atoms with van der Waals surface area (Å²) < 4.78 is 30.3. The Morgan fingerprint density at radius 2 is 0.795 bits per heavy atom. The van der Waals surface area contributed by atoms with Crippen LogP contribution < -0.4 is 10.2 Å². The van der Waals surface area contributed by atoms with Crippen LogP contribution in [0.3, 0.4) is 0 Å². The molecular weight excluding hydrogens is 928 g/mol. The number of likely N-dealkylation sites (N-methyl/N-ethyl adjacent to an activating group) is 1. The number of nitrogens with one attached hydrogen (secondary N) is 1. The van der Waals surface area contributed by atoms with E-state index in [0.29, 0.717) is 17.4 Å². The monoisotopic (exact) mass is 1050 g/mol. The third-order valence-electron chi connectivity index (χ3n) is 14.0. The number of esters is 1. The van der Waals surface area contributed by atoms with Crippen molar-refractivity contribution in [2.75, 3.05) is 40.9 Å². The lowest BCUT2D eigenvalue weighted by Crippen LogP contribution is -2.47. The largest absolute Gasteiger partial charge is 0.756 e. The Kier molecular flexibility index (Phi) is 52.3. The highest BCUT2D eigenvalue weighted by molar-refractivity contribution is 7.45. The number of nitrogens with zero attached hydrogens (tertiary/aromatic N) is 1. The molecule has 73 heavy (non-hydrogen) atoms. The third-order valence-corrected chi connectivity index (χ3v) is 15.0. The Morgan fingerprint density at radius 3 is 1.18 bits per heavy atom. The summed E-state index contributed by atoms with van der Waals surface area (Å²) >= 11 is 0. The molecule has 0 bridgehead atoms. The average molecular weight is 1050 g/mol. The van der Waals surface area contributed by atoms with Crippen LogP contribution in [0.5, 0.6) is 0 Å². The van der Waals surface area contributed by atoms with Gasteiger partial charge in [-0.25, -0.2) is 0 Å². The van der Waals surface area contributed by atoms with E-state index in [9.17, 15) is 19.0 Å². The number of amides is 1. The number of ether oxygens (including phenoxy) is 1. The van der Waals surface area contributed by atoms with Crippen molar-refractivity contribution in [1.29, 1.82) is 0 Å². The number of quaternary nitrogens is 1. The molecule has 1 N–H and O–H groups in total. The smallest absolute Gasteiger partial charge is 0.306 e. The van der Waals surface area contributed by atoms with Crippen LogP contribution in [0.25, 0.3) is 0 Å². The van der Waals surface area contributed by atoms with E-state index in [1.807, 2.05) is 33.3 Å². The summed E-state index contributed by atoms with van der Waals surface area (Å²) in [6.45, 7) is 6.85. The summed E-state index contributed by atoms with van der Waals surface area (Å²) in [6.07, 6.45) is 63.9. The SMILES string of the molecule is CCCCCC/C=C\CCCCCCCCCC(=O)OC(/C=C\CCCCCCCCCCC)C(COP(=O)([O-])OCC[N+](C)(C)C)NC(=O)CCCCCCCCCCCCC/C=C/CCCCCCCC. The minimum absolute atomic E-state index is 0.0214. The van der Waals surface area contributed by atoms with Crippen LogP contribution in [0, 0.1) is 0 Å². The van der Waals surface area contributed by atoms with Gasteiger partial charge < -0.3 is 28.5 Å². The second-order valence-corrected chi connectivity index (χ2v) is 24.0. The van der Waals surface area contributed by atoms with E-state index in [2.05, 4.69) is 50.4 Å². The molecule has 0 aliphatic carbocycles. The Bertz CT molecular complexity index is 1350. The maximum Gasteiger partial charge on any atom is 0.306 e. The fourth-order valence-corrected chi connectivity index (χ4v) is 9.88. The Hall–Kier alpha value is -1.77. The number of rotatable bonds is 57. The number of allylic oxidation sites excluding steroid dienone is 5. The zero-order chi connectivity index (χ0) is 53.6. The second-order valence-electron chi connectivity index (χ2n) is 22.6. The molecule has 0 aliphatic rings. The lowest BCUT2D eigenvalue weighted by Gasteiger charge is -2.30. The summed E-state index contributed by atoms with van der Waals surface area (Å²) in [7, 11) is 1.19. The van der Waals surface area contributed by atoms with Gasteiger partial charge >= 0.3 is 5.97 Å². The highest BCUT2D eigenvalue weighted by atomic mass is 31.2. The van der Waals surface area contributed by atoms with Gasteiger partial charge in [0.1, 0.15) is 19.3 Å². The van der Waals surface area contributed by atoms with Gasteiger partial charge in [0.15, 0.2) is 0 Å². The highest BCUT2D eigenvalue weighted by Gasteiger charge is 2.27. The molecule has 0 spiro atoms. The number of hydrogen-bond acceptors (Lipinski definition) is 7. The van der Waals surface area contributed by atoms with Crippen LogP contribution in [0.1, 0.15) is 303 Å². The number of phosphoric acid groups is 1. The molecule has 0 heterocycles. The minimum atomic E-state index is -4.69. The maximum atomic E-state index is 13.5. The first-order valence-electron chi connectivity index (χ1n) is 31.3. The van der Waals surface area contributed by atoms with Crippen molar-refractivity contribution < 1.29 is 37.3 Å². The van der Waals surface area contributed by atoms with Crippen molar-refractivity contribution in [3.63, 3.8) is 0 Å². The van der Waals surface area contributed by atoms with E-state index in [4.69, 9.17) is 13.8 Å². The summed E-state index contributed by atoms with van der Waals surface area (Å²) in [5.41, 5.74) is 0. The fourth-order valence-electron chi connectivity index (χ4n) is 9.16. The zero-order valence-corrected chi connectivity index (χ0v) is 50.0. The molecule has 9 nitrogen and oxygen atoms in total. The van der Waals surface area contributed by atoms with Gasteiger partial charge in [-0.15, -0.1) is 0 Å². The molecule has 0 saturated carbocycles. The van der Waals surface area contributed by atoms with Gasteiger partial charge in [0.05, 0.1) is 33.8 Å². The first-order chi connectivity index (χ1) is 35.4. The van der Waals surface area contributed by atoms with Crippen molar-refractivity contribution >= 4 is 19.7 Å². The number of carbonyl (C=O) groups excluding carboxylic acids is 2. The normalized spacial score (nSPS) is 13.9. The molecule has 0 rings (SSSR count). The Labute approximate surface area is 453 Å². The molecule has 1 amide bonds. The molecule has 0 fully saturated rings. The van der Waals surface area contributed by atoms with E-state index < -0.39 is 20.0 Å². The van der Waals surface area contributed by atoms with E-state index >= 15 is 0 Å². The molecule has 430 valence electrons. The average Bonchev–Trinajstić information content (AvgIpc) is 3.35. The molecule has 0 aliphatic heterocycles. The van der Waals surface area contributed by atoms with Gasteiger partial charge in [-0.3, -0.25) is 14.2 Å². The highest BCUT2D eigenvalue weighted by Crippen LogP contribution is 2.38. The van der Waals surface area contributed by atoms with Crippen molar-refractivity contribution in [1.82, 2.24) is 5.32 Å². The van der Waals surface area contributed by atoms with Gasteiger partial charge in [-0.2, -0.15) is 0 Å². The Morgan fingerprint density at radius 1 is 0.466 bits per heavy atom. The van der Waals surface area contributed by atoms with E-state index in [0.717, 1.165) is 70.6 Å². The van der Waals surface area contributed by atoms with Crippen molar-refractivity contribution in [3.8, 4) is 0 Å². The van der Waals surface area contributed by atoms with Crippen LogP contribution in [-0.4, -0.2) is 69.4 Å². The molecule has 10 heteroatoms. The van der Waals surface area contributed by atoms with Crippen LogP contribution in [-0.2, 0) is 27.9 Å². The molecule has 0 aromatic heterocycles. The summed E-state index contributed by atoms with van der Waals surface area (Å²) in [6, 6.07) is -0.887.